The lowest BCUT2D eigenvalue weighted by molar-refractivity contribution is -0.123. The van der Waals surface area contributed by atoms with Crippen molar-refractivity contribution in [3.05, 3.63) is 59.7 Å². The Morgan fingerprint density at radius 3 is 2.35 bits per heavy atom. The summed E-state index contributed by atoms with van der Waals surface area (Å²) < 4.78 is 0. The number of hydrogen-bond donors (Lipinski definition) is 3. The monoisotopic (exact) mass is 310 g/mol. The van der Waals surface area contributed by atoms with Gasteiger partial charge in [-0.3, -0.25) is 4.79 Å². The third-order valence-electron chi connectivity index (χ3n) is 4.12. The molecule has 0 aromatic heterocycles. The minimum absolute atomic E-state index is 0.113. The van der Waals surface area contributed by atoms with E-state index in [0.717, 1.165) is 24.0 Å². The van der Waals surface area contributed by atoms with Gasteiger partial charge in [-0.15, -0.1) is 0 Å². The van der Waals surface area contributed by atoms with Crippen molar-refractivity contribution in [1.82, 2.24) is 5.32 Å². The molecule has 1 saturated carbocycles. The largest absolute Gasteiger partial charge is 0.478 e. The summed E-state index contributed by atoms with van der Waals surface area (Å²) in [6.45, 7) is 0.415. The van der Waals surface area contributed by atoms with Gasteiger partial charge in [0, 0.05) is 6.54 Å². The number of nitrogens with two attached hydrogens (primary N) is 1. The Morgan fingerprint density at radius 2 is 1.74 bits per heavy atom. The van der Waals surface area contributed by atoms with Crippen molar-refractivity contribution in [1.29, 1.82) is 0 Å². The van der Waals surface area contributed by atoms with E-state index in [2.05, 4.69) is 5.32 Å². The molecule has 1 amide bonds. The molecule has 4 N–H and O–H groups in total. The predicted octanol–water partition coefficient (Wildman–Crippen LogP) is 2.16. The molecule has 118 valence electrons. The summed E-state index contributed by atoms with van der Waals surface area (Å²) in [5.41, 5.74) is 7.88. The molecular formula is C18H18N2O3. The van der Waals surface area contributed by atoms with Crippen molar-refractivity contribution >= 4 is 11.9 Å². The van der Waals surface area contributed by atoms with Crippen LogP contribution in [0.15, 0.2) is 48.5 Å². The molecule has 5 heteroatoms. The first-order valence-electron chi connectivity index (χ1n) is 7.48. The van der Waals surface area contributed by atoms with Crippen LogP contribution in [0.5, 0.6) is 0 Å². The zero-order valence-corrected chi connectivity index (χ0v) is 12.6. The molecule has 0 unspecified atom stereocenters. The fraction of sp³-hybridized carbons (Fsp3) is 0.222. The van der Waals surface area contributed by atoms with Crippen LogP contribution in [0.4, 0.5) is 0 Å². The number of carbonyl (C=O) groups excluding carboxylic acids is 1. The van der Waals surface area contributed by atoms with Crippen LogP contribution >= 0.6 is 0 Å². The Hall–Kier alpha value is -2.66. The number of carbonyl (C=O) groups is 2. The highest BCUT2D eigenvalue weighted by Crippen LogP contribution is 2.32. The number of hydrogen-bond acceptors (Lipinski definition) is 3. The average molecular weight is 310 g/mol. The van der Waals surface area contributed by atoms with Crippen molar-refractivity contribution < 1.29 is 14.7 Å². The molecule has 0 heterocycles. The zero-order chi connectivity index (χ0) is 16.4. The van der Waals surface area contributed by atoms with E-state index in [1.807, 2.05) is 30.3 Å². The zero-order valence-electron chi connectivity index (χ0n) is 12.6. The molecule has 0 spiro atoms. The highest BCUT2D eigenvalue weighted by Gasteiger charge is 2.45. The van der Waals surface area contributed by atoms with E-state index < -0.39 is 11.5 Å². The average Bonchev–Trinajstić information content (AvgIpc) is 3.32. The summed E-state index contributed by atoms with van der Waals surface area (Å²) in [4.78, 5) is 23.1. The molecule has 0 aliphatic heterocycles. The van der Waals surface area contributed by atoms with Gasteiger partial charge in [-0.25, -0.2) is 4.79 Å². The van der Waals surface area contributed by atoms with E-state index >= 15 is 0 Å². The fourth-order valence-electron chi connectivity index (χ4n) is 2.44. The second kappa shape index (κ2) is 5.85. The number of nitrogens with one attached hydrogen (secondary N) is 1. The Bertz CT molecular complexity index is 749. The second-order valence-electron chi connectivity index (χ2n) is 5.89. The molecule has 0 radical (unpaired) electrons. The van der Waals surface area contributed by atoms with Gasteiger partial charge in [-0.1, -0.05) is 42.5 Å². The topological polar surface area (TPSA) is 92.4 Å². The van der Waals surface area contributed by atoms with Crippen molar-refractivity contribution in [2.45, 2.75) is 24.9 Å². The molecule has 1 aliphatic carbocycles. The summed E-state index contributed by atoms with van der Waals surface area (Å²) in [5.74, 6) is -1.06. The maximum atomic E-state index is 11.8. The van der Waals surface area contributed by atoms with Crippen LogP contribution in [0.2, 0.25) is 0 Å². The van der Waals surface area contributed by atoms with Crippen LogP contribution in [-0.4, -0.2) is 22.5 Å². The van der Waals surface area contributed by atoms with Crippen molar-refractivity contribution in [3.63, 3.8) is 0 Å². The smallest absolute Gasteiger partial charge is 0.336 e. The highest BCUT2D eigenvalue weighted by atomic mass is 16.4. The molecule has 1 aliphatic rings. The van der Waals surface area contributed by atoms with Gasteiger partial charge in [0.1, 0.15) is 0 Å². The van der Waals surface area contributed by atoms with Crippen LogP contribution in [-0.2, 0) is 11.3 Å². The van der Waals surface area contributed by atoms with Crippen molar-refractivity contribution in [2.24, 2.45) is 5.73 Å². The number of benzene rings is 2. The number of carboxylic acid groups (broad SMARTS) is 1. The molecule has 0 bridgehead atoms. The van der Waals surface area contributed by atoms with E-state index in [9.17, 15) is 14.7 Å². The quantitative estimate of drug-likeness (QED) is 0.789. The van der Waals surface area contributed by atoms with Gasteiger partial charge < -0.3 is 16.2 Å². The van der Waals surface area contributed by atoms with Crippen molar-refractivity contribution in [2.75, 3.05) is 0 Å². The maximum Gasteiger partial charge on any atom is 0.336 e. The number of amides is 1. The van der Waals surface area contributed by atoms with Crippen LogP contribution < -0.4 is 11.1 Å². The standard InChI is InChI=1S/C18H18N2O3/c19-18(9-10-18)17(23)20-11-12-5-7-13(8-6-12)14-3-1-2-4-15(14)16(21)22/h1-8H,9-11,19H2,(H,20,23)(H,21,22). The van der Waals surface area contributed by atoms with E-state index in [0.29, 0.717) is 12.1 Å². The third-order valence-corrected chi connectivity index (χ3v) is 4.12. The third kappa shape index (κ3) is 3.24. The van der Waals surface area contributed by atoms with Crippen LogP contribution in [0.3, 0.4) is 0 Å². The number of carboxylic acids is 1. The molecule has 3 rings (SSSR count). The Labute approximate surface area is 134 Å². The minimum atomic E-state index is -0.949. The van der Waals surface area contributed by atoms with Crippen LogP contribution in [0.25, 0.3) is 11.1 Å². The second-order valence-corrected chi connectivity index (χ2v) is 5.89. The van der Waals surface area contributed by atoms with Crippen molar-refractivity contribution in [3.8, 4) is 11.1 Å². The van der Waals surface area contributed by atoms with E-state index in [4.69, 9.17) is 5.73 Å². The lowest BCUT2D eigenvalue weighted by Gasteiger charge is -2.11. The Kier molecular flexibility index (Phi) is 3.88. The molecule has 5 nitrogen and oxygen atoms in total. The van der Waals surface area contributed by atoms with E-state index in [-0.39, 0.29) is 11.5 Å². The normalized spacial score (nSPS) is 15.0. The number of rotatable bonds is 5. The van der Waals surface area contributed by atoms with Gasteiger partial charge in [-0.05, 0) is 35.6 Å². The highest BCUT2D eigenvalue weighted by molar-refractivity contribution is 5.96. The molecule has 2 aromatic carbocycles. The molecule has 0 saturated heterocycles. The fourth-order valence-corrected chi connectivity index (χ4v) is 2.44. The first kappa shape index (κ1) is 15.2. The SMILES string of the molecule is NC1(C(=O)NCc2ccc(-c3ccccc3C(=O)O)cc2)CC1. The molecule has 1 fully saturated rings. The lowest BCUT2D eigenvalue weighted by atomic mass is 9.99. The van der Waals surface area contributed by atoms with Gasteiger partial charge in [-0.2, -0.15) is 0 Å². The van der Waals surface area contributed by atoms with E-state index in [1.165, 1.54) is 0 Å². The van der Waals surface area contributed by atoms with Gasteiger partial charge in [0.15, 0.2) is 0 Å². The predicted molar refractivity (Wildman–Crippen MR) is 86.8 cm³/mol. The summed E-state index contributed by atoms with van der Waals surface area (Å²) in [6.07, 6.45) is 1.48. The molecule has 0 atom stereocenters. The summed E-state index contributed by atoms with van der Waals surface area (Å²) in [6, 6.07) is 14.4. The Balaban J connectivity index is 1.72. The van der Waals surface area contributed by atoms with Crippen LogP contribution in [0.1, 0.15) is 28.8 Å². The molecule has 23 heavy (non-hydrogen) atoms. The van der Waals surface area contributed by atoms with Gasteiger partial charge in [0.05, 0.1) is 11.1 Å². The first-order chi connectivity index (χ1) is 11.0. The summed E-state index contributed by atoms with van der Waals surface area (Å²) >= 11 is 0. The van der Waals surface area contributed by atoms with Gasteiger partial charge >= 0.3 is 5.97 Å². The van der Waals surface area contributed by atoms with Gasteiger partial charge in [0.25, 0.3) is 0 Å². The maximum absolute atomic E-state index is 11.8. The van der Waals surface area contributed by atoms with E-state index in [1.54, 1.807) is 18.2 Å². The number of aromatic carboxylic acids is 1. The summed E-state index contributed by atoms with van der Waals surface area (Å²) in [5, 5.41) is 12.1. The minimum Gasteiger partial charge on any atom is -0.478 e. The molecule has 2 aromatic rings. The molecular weight excluding hydrogens is 292 g/mol. The first-order valence-corrected chi connectivity index (χ1v) is 7.48. The lowest BCUT2D eigenvalue weighted by Crippen LogP contribution is -2.42. The summed E-state index contributed by atoms with van der Waals surface area (Å²) in [7, 11) is 0. The Morgan fingerprint density at radius 1 is 1.09 bits per heavy atom. The van der Waals surface area contributed by atoms with Crippen LogP contribution in [0, 0.1) is 0 Å². The van der Waals surface area contributed by atoms with Gasteiger partial charge in [0.2, 0.25) is 5.91 Å².